The summed E-state index contributed by atoms with van der Waals surface area (Å²) in [4.78, 5) is 33.5. The van der Waals surface area contributed by atoms with Gasteiger partial charge in [-0.15, -0.1) is 11.3 Å². The van der Waals surface area contributed by atoms with Crippen LogP contribution in [0.15, 0.2) is 84.4 Å². The Morgan fingerprint density at radius 1 is 0.958 bits per heavy atom. The van der Waals surface area contributed by atoms with Crippen LogP contribution in [-0.4, -0.2) is 45.9 Å². The SMILES string of the molecule is Cn1cc(C2(CNC(=O)c3csc(C4CCN(C(=O)c5ccccc5-c5ccc(C(F)(F)F)cc5)CC4)n3)CCCC2)c2ccccc21. The molecule has 2 fully saturated rings. The van der Waals surface area contributed by atoms with Gasteiger partial charge in [0.1, 0.15) is 5.69 Å². The predicted octanol–water partition coefficient (Wildman–Crippen LogP) is 8.58. The van der Waals surface area contributed by atoms with E-state index in [1.165, 1.54) is 39.9 Å². The van der Waals surface area contributed by atoms with E-state index in [4.69, 9.17) is 4.98 Å². The number of aromatic nitrogens is 2. The molecule has 1 N–H and O–H groups in total. The lowest BCUT2D eigenvalue weighted by Gasteiger charge is -2.31. The minimum absolute atomic E-state index is 0.0973. The molecule has 2 aliphatic rings. The van der Waals surface area contributed by atoms with Crippen LogP contribution in [0, 0.1) is 0 Å². The molecule has 0 atom stereocenters. The van der Waals surface area contributed by atoms with Gasteiger partial charge in [0.15, 0.2) is 0 Å². The summed E-state index contributed by atoms with van der Waals surface area (Å²) in [5.74, 6) is -0.158. The molecule has 3 heterocycles. The third-order valence-electron chi connectivity index (χ3n) is 10.2. The zero-order chi connectivity index (χ0) is 33.5. The van der Waals surface area contributed by atoms with Crippen molar-refractivity contribution in [2.75, 3.05) is 19.6 Å². The van der Waals surface area contributed by atoms with Crippen LogP contribution in [0.25, 0.3) is 22.0 Å². The fourth-order valence-corrected chi connectivity index (χ4v) is 8.51. The van der Waals surface area contributed by atoms with Gasteiger partial charge in [0.05, 0.1) is 10.6 Å². The first-order valence-electron chi connectivity index (χ1n) is 16.5. The van der Waals surface area contributed by atoms with Crippen LogP contribution < -0.4 is 5.32 Å². The van der Waals surface area contributed by atoms with Gasteiger partial charge in [0.2, 0.25) is 0 Å². The average Bonchev–Trinajstić information content (AvgIpc) is 3.87. The summed E-state index contributed by atoms with van der Waals surface area (Å²) in [6.45, 7) is 1.63. The fourth-order valence-electron chi connectivity index (χ4n) is 7.54. The van der Waals surface area contributed by atoms with Gasteiger partial charge in [-0.05, 0) is 66.6 Å². The van der Waals surface area contributed by atoms with E-state index in [0.717, 1.165) is 42.8 Å². The molecule has 3 aromatic carbocycles. The van der Waals surface area contributed by atoms with Gasteiger partial charge in [0.25, 0.3) is 11.8 Å². The maximum Gasteiger partial charge on any atom is 0.416 e. The molecule has 1 saturated carbocycles. The summed E-state index contributed by atoms with van der Waals surface area (Å²) in [6, 6.07) is 20.4. The first-order valence-corrected chi connectivity index (χ1v) is 17.3. The number of hydrogen-bond donors (Lipinski definition) is 1. The molecule has 0 unspecified atom stereocenters. The number of fused-ring (bicyclic) bond motifs is 1. The van der Waals surface area contributed by atoms with Crippen LogP contribution in [0.4, 0.5) is 13.2 Å². The molecule has 1 aliphatic carbocycles. The smallest absolute Gasteiger partial charge is 0.350 e. The zero-order valence-corrected chi connectivity index (χ0v) is 27.5. The molecular formula is C38H37F3N4O2S. The lowest BCUT2D eigenvalue weighted by atomic mass is 9.78. The van der Waals surface area contributed by atoms with Crippen molar-refractivity contribution >= 4 is 34.1 Å². The van der Waals surface area contributed by atoms with Crippen LogP contribution in [0.5, 0.6) is 0 Å². The Hall–Kier alpha value is -4.44. The molecule has 0 spiro atoms. The Labute approximate surface area is 281 Å². The summed E-state index contributed by atoms with van der Waals surface area (Å²) in [5.41, 5.74) is 3.75. The van der Waals surface area contributed by atoms with Crippen molar-refractivity contribution in [3.8, 4) is 11.1 Å². The van der Waals surface area contributed by atoms with Gasteiger partial charge in [-0.3, -0.25) is 9.59 Å². The normalized spacial score (nSPS) is 16.8. The third-order valence-corrected chi connectivity index (χ3v) is 11.2. The highest BCUT2D eigenvalue weighted by Gasteiger charge is 2.38. The third kappa shape index (κ3) is 6.14. The number of hydrogen-bond acceptors (Lipinski definition) is 4. The van der Waals surface area contributed by atoms with E-state index in [-0.39, 0.29) is 23.1 Å². The maximum absolute atomic E-state index is 13.6. The quantitative estimate of drug-likeness (QED) is 0.189. The Morgan fingerprint density at radius 2 is 1.65 bits per heavy atom. The second kappa shape index (κ2) is 12.9. The lowest BCUT2D eigenvalue weighted by molar-refractivity contribution is -0.137. The van der Waals surface area contributed by atoms with Gasteiger partial charge in [-0.2, -0.15) is 13.2 Å². The predicted molar refractivity (Wildman–Crippen MR) is 182 cm³/mol. The van der Waals surface area contributed by atoms with E-state index in [1.807, 2.05) is 5.38 Å². The molecule has 10 heteroatoms. The molecule has 1 aliphatic heterocycles. The molecule has 0 radical (unpaired) electrons. The monoisotopic (exact) mass is 670 g/mol. The molecular weight excluding hydrogens is 634 g/mol. The largest absolute Gasteiger partial charge is 0.416 e. The van der Waals surface area contributed by atoms with Crippen LogP contribution in [0.3, 0.4) is 0 Å². The number of rotatable bonds is 7. The Morgan fingerprint density at radius 3 is 2.38 bits per heavy atom. The fraction of sp³-hybridized carbons (Fsp3) is 0.342. The van der Waals surface area contributed by atoms with Gasteiger partial charge in [-0.1, -0.05) is 61.4 Å². The summed E-state index contributed by atoms with van der Waals surface area (Å²) in [6.07, 6.45) is 3.60. The van der Waals surface area contributed by atoms with Gasteiger partial charge >= 0.3 is 6.18 Å². The summed E-state index contributed by atoms with van der Waals surface area (Å²) in [7, 11) is 2.08. The van der Waals surface area contributed by atoms with Crippen molar-refractivity contribution in [1.29, 1.82) is 0 Å². The van der Waals surface area contributed by atoms with E-state index in [0.29, 0.717) is 54.9 Å². The van der Waals surface area contributed by atoms with E-state index < -0.39 is 11.7 Å². The van der Waals surface area contributed by atoms with Crippen molar-refractivity contribution < 1.29 is 22.8 Å². The molecule has 7 rings (SSSR count). The number of amides is 2. The molecule has 6 nitrogen and oxygen atoms in total. The van der Waals surface area contributed by atoms with Crippen LogP contribution in [0.2, 0.25) is 0 Å². The number of piperidine rings is 1. The number of carbonyl (C=O) groups is 2. The minimum Gasteiger partial charge on any atom is -0.350 e. The zero-order valence-electron chi connectivity index (χ0n) is 26.7. The van der Waals surface area contributed by atoms with E-state index in [1.54, 1.807) is 29.2 Å². The van der Waals surface area contributed by atoms with Crippen molar-refractivity contribution in [2.45, 2.75) is 56.0 Å². The molecule has 2 aromatic heterocycles. The van der Waals surface area contributed by atoms with Crippen molar-refractivity contribution in [1.82, 2.24) is 19.8 Å². The Kier molecular flexibility index (Phi) is 8.62. The van der Waals surface area contributed by atoms with Crippen LogP contribution >= 0.6 is 11.3 Å². The van der Waals surface area contributed by atoms with E-state index in [2.05, 4.69) is 47.4 Å². The van der Waals surface area contributed by atoms with Crippen molar-refractivity contribution in [3.63, 3.8) is 0 Å². The molecule has 5 aromatic rings. The highest BCUT2D eigenvalue weighted by Crippen LogP contribution is 2.44. The number of nitrogens with zero attached hydrogens (tertiary/aromatic N) is 3. The highest BCUT2D eigenvalue weighted by molar-refractivity contribution is 7.09. The number of para-hydroxylation sites is 1. The number of carbonyl (C=O) groups excluding carboxylic acids is 2. The maximum atomic E-state index is 13.6. The molecule has 2 amide bonds. The first-order chi connectivity index (χ1) is 23.1. The van der Waals surface area contributed by atoms with E-state index >= 15 is 0 Å². The van der Waals surface area contributed by atoms with Crippen LogP contribution in [-0.2, 0) is 18.6 Å². The van der Waals surface area contributed by atoms with Gasteiger partial charge in [0, 0.05) is 66.1 Å². The first kappa shape index (κ1) is 32.1. The molecule has 48 heavy (non-hydrogen) atoms. The van der Waals surface area contributed by atoms with Crippen LogP contribution in [0.1, 0.15) is 81.4 Å². The second-order valence-corrected chi connectivity index (χ2v) is 14.0. The standard InChI is InChI=1S/C38H37F3N4O2S/c1-44-22-31(30-10-4-5-11-33(30)44)37(18-6-7-19-37)24-42-34(46)32-23-48-35(43-32)26-16-20-45(21-17-26)36(47)29-9-3-2-8-28(29)25-12-14-27(15-13-25)38(39,40)41/h2-5,8-15,22-23,26H,6-7,16-21,24H2,1H3,(H,42,46). The Bertz CT molecular complexity index is 1950. The van der Waals surface area contributed by atoms with Gasteiger partial charge in [-0.25, -0.2) is 4.98 Å². The lowest BCUT2D eigenvalue weighted by Crippen LogP contribution is -2.39. The molecule has 1 saturated heterocycles. The number of benzene rings is 3. The second-order valence-electron chi connectivity index (χ2n) is 13.1. The summed E-state index contributed by atoms with van der Waals surface area (Å²) >= 11 is 1.49. The number of halogens is 3. The minimum atomic E-state index is -4.42. The number of likely N-dealkylation sites (tertiary alicyclic amines) is 1. The highest BCUT2D eigenvalue weighted by atomic mass is 32.1. The number of alkyl halides is 3. The van der Waals surface area contributed by atoms with E-state index in [9.17, 15) is 22.8 Å². The van der Waals surface area contributed by atoms with Crippen molar-refractivity contribution in [2.24, 2.45) is 7.05 Å². The number of nitrogens with one attached hydrogen (secondary N) is 1. The average molecular weight is 671 g/mol. The van der Waals surface area contributed by atoms with Crippen molar-refractivity contribution in [3.05, 3.63) is 112 Å². The Balaban J connectivity index is 0.987. The molecule has 0 bridgehead atoms. The molecule has 248 valence electrons. The number of aryl methyl sites for hydroxylation is 1. The van der Waals surface area contributed by atoms with Gasteiger partial charge < -0.3 is 14.8 Å². The topological polar surface area (TPSA) is 67.2 Å². The number of thiazole rings is 1. The summed E-state index contributed by atoms with van der Waals surface area (Å²) < 4.78 is 41.5. The summed E-state index contributed by atoms with van der Waals surface area (Å²) in [5, 5.41) is 7.22.